The number of nitrogens with zero attached hydrogens (tertiary/aromatic N) is 3. The van der Waals surface area contributed by atoms with E-state index >= 15 is 0 Å². The number of Topliss-reactive ketones (excluding diaryl/α,β-unsaturated/α-hetero) is 1. The minimum Gasteiger partial charge on any atom is -0.359 e. The second kappa shape index (κ2) is 10.9. The molecule has 2 N–H and O–H groups in total. The van der Waals surface area contributed by atoms with Crippen molar-refractivity contribution in [3.63, 3.8) is 0 Å². The number of hydrogen-bond donors (Lipinski definition) is 2. The van der Waals surface area contributed by atoms with Gasteiger partial charge in [-0.3, -0.25) is 9.59 Å². The molecule has 1 aromatic rings. The van der Waals surface area contributed by atoms with Crippen LogP contribution in [-0.4, -0.2) is 54.0 Å². The number of rotatable bonds is 1. The number of aromatic nitrogens is 1. The van der Waals surface area contributed by atoms with Crippen molar-refractivity contribution in [2.24, 2.45) is 4.99 Å². The zero-order valence-electron chi connectivity index (χ0n) is 15.3. The summed E-state index contributed by atoms with van der Waals surface area (Å²) < 4.78 is 13.3. The van der Waals surface area contributed by atoms with Gasteiger partial charge in [-0.15, -0.1) is 0 Å². The second-order valence-corrected chi connectivity index (χ2v) is 5.25. The highest BCUT2D eigenvalue weighted by molar-refractivity contribution is 6.35. The Morgan fingerprint density at radius 3 is 2.54 bits per heavy atom. The number of carbonyl (C=O) groups is 2. The van der Waals surface area contributed by atoms with Crippen LogP contribution in [0.3, 0.4) is 0 Å². The summed E-state index contributed by atoms with van der Waals surface area (Å²) in [5.74, 6) is -0.983. The second-order valence-electron chi connectivity index (χ2n) is 5.25. The molecule has 1 saturated heterocycles. The number of halogens is 1. The van der Waals surface area contributed by atoms with Crippen LogP contribution in [0.15, 0.2) is 17.3 Å². The lowest BCUT2D eigenvalue weighted by Gasteiger charge is -2.26. The zero-order valence-corrected chi connectivity index (χ0v) is 15.3. The van der Waals surface area contributed by atoms with Crippen LogP contribution in [0.2, 0.25) is 0 Å². The fourth-order valence-electron chi connectivity index (χ4n) is 2.36. The van der Waals surface area contributed by atoms with Crippen LogP contribution >= 0.6 is 0 Å². The van der Waals surface area contributed by atoms with E-state index in [1.54, 1.807) is 17.2 Å². The molecule has 0 saturated carbocycles. The summed E-state index contributed by atoms with van der Waals surface area (Å²) in [6.45, 7) is 8.19. The molecule has 2 aliphatic rings. The van der Waals surface area contributed by atoms with E-state index in [9.17, 15) is 14.0 Å². The molecule has 0 bridgehead atoms. The lowest BCUT2D eigenvalue weighted by Crippen LogP contribution is -2.48. The number of fused-ring (bicyclic) bond motifs is 1. The quantitative estimate of drug-likeness (QED) is 0.699. The predicted molar refractivity (Wildman–Crippen MR) is 98.2 cm³/mol. The van der Waals surface area contributed by atoms with E-state index in [-0.39, 0.29) is 29.6 Å². The highest BCUT2D eigenvalue weighted by Gasteiger charge is 2.18. The lowest BCUT2D eigenvalue weighted by molar-refractivity contribution is -0.143. The molecule has 0 unspecified atom stereocenters. The van der Waals surface area contributed by atoms with Crippen LogP contribution in [0.4, 0.5) is 4.39 Å². The molecule has 140 valence electrons. The summed E-state index contributed by atoms with van der Waals surface area (Å²) in [4.78, 5) is 29.9. The summed E-state index contributed by atoms with van der Waals surface area (Å²) in [5.41, 5.74) is 0.229. The number of hydrogen-bond acceptors (Lipinski definition) is 5. The number of H-pyrrole nitrogens is 1. The Kier molecular flexibility index (Phi) is 8.95. The van der Waals surface area contributed by atoms with Gasteiger partial charge in [0, 0.05) is 57.2 Å². The van der Waals surface area contributed by atoms with Crippen LogP contribution in [0.25, 0.3) is 11.5 Å². The third-order valence-electron chi connectivity index (χ3n) is 3.58. The third kappa shape index (κ3) is 5.63. The molecule has 26 heavy (non-hydrogen) atoms. The van der Waals surface area contributed by atoms with Crippen molar-refractivity contribution < 1.29 is 14.0 Å². The number of ketones is 1. The summed E-state index contributed by atoms with van der Waals surface area (Å²) in [7, 11) is 0. The normalized spacial score (nSPS) is 15.4. The van der Waals surface area contributed by atoms with E-state index in [1.165, 1.54) is 13.1 Å². The van der Waals surface area contributed by atoms with Crippen molar-refractivity contribution in [2.45, 2.75) is 27.2 Å². The average Bonchev–Trinajstić information content (AvgIpc) is 3.11. The Labute approximate surface area is 151 Å². The van der Waals surface area contributed by atoms with Crippen molar-refractivity contribution in [3.05, 3.63) is 22.8 Å². The van der Waals surface area contributed by atoms with Gasteiger partial charge in [0.1, 0.15) is 11.9 Å². The van der Waals surface area contributed by atoms with Crippen LogP contribution in [0.1, 0.15) is 27.2 Å². The molecule has 0 atom stereocenters. The maximum atomic E-state index is 13.3. The molecule has 8 heteroatoms. The first-order valence-electron chi connectivity index (χ1n) is 8.54. The van der Waals surface area contributed by atoms with Gasteiger partial charge in [0.15, 0.2) is 5.70 Å². The molecule has 0 aliphatic carbocycles. The number of aliphatic imine (C=N–C) groups is 1. The van der Waals surface area contributed by atoms with Crippen LogP contribution in [0.5, 0.6) is 0 Å². The average molecular weight is 361 g/mol. The number of nitriles is 1. The molecule has 3 rings (SSSR count). The third-order valence-corrected chi connectivity index (χ3v) is 3.58. The van der Waals surface area contributed by atoms with Gasteiger partial charge in [0.05, 0.1) is 5.35 Å². The van der Waals surface area contributed by atoms with Crippen LogP contribution in [0, 0.1) is 11.3 Å². The summed E-state index contributed by atoms with van der Waals surface area (Å²) in [6, 6.07) is 3.52. The van der Waals surface area contributed by atoms with E-state index in [0.29, 0.717) is 23.7 Å². The molecule has 3 heterocycles. The fraction of sp³-hybridized carbons (Fsp3) is 0.444. The molecular weight excluding hydrogens is 337 g/mol. The minimum absolute atomic E-state index is 0.149. The fourth-order valence-corrected chi connectivity index (χ4v) is 2.36. The summed E-state index contributed by atoms with van der Waals surface area (Å²) >= 11 is 0. The van der Waals surface area contributed by atoms with E-state index < -0.39 is 0 Å². The van der Waals surface area contributed by atoms with Gasteiger partial charge in [-0.05, 0) is 6.07 Å². The summed E-state index contributed by atoms with van der Waals surface area (Å²) in [6.07, 6.45) is 3.15. The number of aromatic amines is 1. The first kappa shape index (κ1) is 21.3. The topological polar surface area (TPSA) is 101 Å². The van der Waals surface area contributed by atoms with Crippen molar-refractivity contribution in [3.8, 4) is 6.07 Å². The maximum absolute atomic E-state index is 13.3. The van der Waals surface area contributed by atoms with Gasteiger partial charge in [-0.25, -0.2) is 9.38 Å². The maximum Gasteiger partial charge on any atom is 0.289 e. The Morgan fingerprint density at radius 1 is 1.31 bits per heavy atom. The molecule has 7 nitrogen and oxygen atoms in total. The molecule has 0 spiro atoms. The van der Waals surface area contributed by atoms with Gasteiger partial charge in [-0.1, -0.05) is 13.8 Å². The molecule has 0 radical (unpaired) electrons. The van der Waals surface area contributed by atoms with E-state index in [2.05, 4.69) is 15.3 Å². The predicted octanol–water partition coefficient (Wildman–Crippen LogP) is 0.232. The van der Waals surface area contributed by atoms with E-state index in [0.717, 1.165) is 13.1 Å². The highest BCUT2D eigenvalue weighted by atomic mass is 19.1. The molecule has 1 aromatic heterocycles. The molecular formula is C18H24FN5O2. The van der Waals surface area contributed by atoms with Gasteiger partial charge in [0.25, 0.3) is 5.91 Å². The molecule has 2 aliphatic heterocycles. The standard InChI is InChI=1S/C9H6FN3.C7H12N2O2.C2H6/c10-7-2-4-12-8(5-11)9-6(7)1-3-13-9;1-6(10)7(11)9-4-2-8-3-5-9;1-2/h1,3-4,13H,2H2;8H,2-5H2,1H3;1-2H3. The Hall–Kier alpha value is -2.79. The molecule has 1 fully saturated rings. The monoisotopic (exact) mass is 361 g/mol. The smallest absolute Gasteiger partial charge is 0.289 e. The number of piperazine rings is 1. The molecule has 1 amide bonds. The van der Waals surface area contributed by atoms with Gasteiger partial charge in [-0.2, -0.15) is 5.26 Å². The first-order valence-corrected chi connectivity index (χ1v) is 8.54. The van der Waals surface area contributed by atoms with Crippen molar-refractivity contribution in [1.82, 2.24) is 15.2 Å². The van der Waals surface area contributed by atoms with E-state index in [1.807, 2.05) is 19.9 Å². The van der Waals surface area contributed by atoms with Gasteiger partial charge < -0.3 is 15.2 Å². The number of nitrogens with one attached hydrogen (secondary N) is 2. The van der Waals surface area contributed by atoms with Crippen molar-refractivity contribution >= 4 is 29.4 Å². The number of carbonyl (C=O) groups excluding carboxylic acids is 2. The van der Waals surface area contributed by atoms with Crippen molar-refractivity contribution in [2.75, 3.05) is 26.2 Å². The van der Waals surface area contributed by atoms with Crippen LogP contribution in [-0.2, 0) is 9.59 Å². The molecule has 0 aromatic carbocycles. The Bertz CT molecular complexity index is 813. The Balaban J connectivity index is 0.000000241. The SMILES string of the molecule is CC.CC(=O)C(=O)N1CCNCC1.N#CC1=c2[nH]ccc2=C(F)CC=N1. The number of amides is 1. The highest BCUT2D eigenvalue weighted by Crippen LogP contribution is 2.02. The summed E-state index contributed by atoms with van der Waals surface area (Å²) in [5, 5.41) is 12.7. The zero-order chi connectivity index (χ0) is 19.5. The van der Waals surface area contributed by atoms with Gasteiger partial charge >= 0.3 is 0 Å². The van der Waals surface area contributed by atoms with Crippen molar-refractivity contribution in [1.29, 1.82) is 5.26 Å². The largest absolute Gasteiger partial charge is 0.359 e. The Morgan fingerprint density at radius 2 is 1.96 bits per heavy atom. The lowest BCUT2D eigenvalue weighted by atomic mass is 10.3. The van der Waals surface area contributed by atoms with E-state index in [4.69, 9.17) is 5.26 Å². The van der Waals surface area contributed by atoms with Crippen LogP contribution < -0.4 is 15.9 Å². The first-order chi connectivity index (χ1) is 12.5. The minimum atomic E-state index is -0.369. The van der Waals surface area contributed by atoms with Gasteiger partial charge in [0.2, 0.25) is 5.78 Å².